The van der Waals surface area contributed by atoms with Gasteiger partial charge in [-0.1, -0.05) is 37.3 Å². The molecule has 114 valence electrons. The van der Waals surface area contributed by atoms with Crippen LogP contribution in [-0.2, 0) is 6.54 Å². The first-order valence-electron chi connectivity index (χ1n) is 7.39. The third kappa shape index (κ3) is 4.65. The van der Waals surface area contributed by atoms with E-state index in [0.717, 1.165) is 24.0 Å². The van der Waals surface area contributed by atoms with E-state index in [0.29, 0.717) is 0 Å². The summed E-state index contributed by atoms with van der Waals surface area (Å²) in [6, 6.07) is 13.2. The predicted molar refractivity (Wildman–Crippen MR) is 95.6 cm³/mol. The molecule has 2 unspecified atom stereocenters. The molecule has 1 heterocycles. The lowest BCUT2D eigenvalue weighted by atomic mass is 10.1. The standard InChI is InChI=1S/C17H23BrN2S/c1-3-9-20(11-14-7-5-4-6-8-14)17(13(2)19)16-10-15(18)12-21-16/h4-8,10,12-13,17H,3,9,11,19H2,1-2H3. The predicted octanol–water partition coefficient (Wildman–Crippen LogP) is 4.81. The second-order valence-corrected chi connectivity index (χ2v) is 7.29. The molecular weight excluding hydrogens is 344 g/mol. The van der Waals surface area contributed by atoms with Crippen molar-refractivity contribution < 1.29 is 0 Å². The highest BCUT2D eigenvalue weighted by Gasteiger charge is 2.25. The molecule has 0 saturated heterocycles. The molecule has 0 spiro atoms. The number of hydrogen-bond acceptors (Lipinski definition) is 3. The summed E-state index contributed by atoms with van der Waals surface area (Å²) in [6.45, 7) is 6.32. The Morgan fingerprint density at radius 2 is 2.00 bits per heavy atom. The van der Waals surface area contributed by atoms with Crippen molar-refractivity contribution in [1.82, 2.24) is 4.90 Å². The molecular formula is C17H23BrN2S. The zero-order chi connectivity index (χ0) is 15.2. The minimum absolute atomic E-state index is 0.103. The highest BCUT2D eigenvalue weighted by molar-refractivity contribution is 9.10. The molecule has 0 radical (unpaired) electrons. The van der Waals surface area contributed by atoms with Gasteiger partial charge in [-0.3, -0.25) is 4.90 Å². The molecule has 2 rings (SSSR count). The van der Waals surface area contributed by atoms with E-state index in [9.17, 15) is 0 Å². The largest absolute Gasteiger partial charge is 0.326 e. The third-order valence-electron chi connectivity index (χ3n) is 3.51. The molecule has 4 heteroatoms. The van der Waals surface area contributed by atoms with Gasteiger partial charge in [0.05, 0.1) is 6.04 Å². The van der Waals surface area contributed by atoms with Crippen molar-refractivity contribution in [2.24, 2.45) is 5.73 Å². The van der Waals surface area contributed by atoms with Crippen LogP contribution in [0.3, 0.4) is 0 Å². The fourth-order valence-electron chi connectivity index (χ4n) is 2.68. The van der Waals surface area contributed by atoms with Crippen molar-refractivity contribution in [3.05, 3.63) is 56.7 Å². The molecule has 2 aromatic rings. The summed E-state index contributed by atoms with van der Waals surface area (Å²) in [7, 11) is 0. The molecule has 1 aromatic carbocycles. The van der Waals surface area contributed by atoms with E-state index < -0.39 is 0 Å². The fourth-order valence-corrected chi connectivity index (χ4v) is 4.37. The summed E-state index contributed by atoms with van der Waals surface area (Å²) in [5.41, 5.74) is 7.65. The monoisotopic (exact) mass is 366 g/mol. The molecule has 0 bridgehead atoms. The zero-order valence-corrected chi connectivity index (χ0v) is 15.0. The van der Waals surface area contributed by atoms with Crippen LogP contribution in [0, 0.1) is 0 Å². The smallest absolute Gasteiger partial charge is 0.0594 e. The Morgan fingerprint density at radius 1 is 1.29 bits per heavy atom. The molecule has 1 aromatic heterocycles. The maximum atomic E-state index is 6.31. The summed E-state index contributed by atoms with van der Waals surface area (Å²) >= 11 is 5.34. The Morgan fingerprint density at radius 3 is 2.52 bits per heavy atom. The lowest BCUT2D eigenvalue weighted by Crippen LogP contribution is -2.39. The SMILES string of the molecule is CCCN(Cc1ccccc1)C(c1cc(Br)cs1)C(C)N. The van der Waals surface area contributed by atoms with E-state index in [1.165, 1.54) is 10.4 Å². The normalized spacial score (nSPS) is 14.3. The molecule has 21 heavy (non-hydrogen) atoms. The van der Waals surface area contributed by atoms with Crippen LogP contribution in [0.5, 0.6) is 0 Å². The van der Waals surface area contributed by atoms with Gasteiger partial charge < -0.3 is 5.73 Å². The second kappa shape index (κ2) is 8.08. The van der Waals surface area contributed by atoms with Gasteiger partial charge in [-0.15, -0.1) is 11.3 Å². The van der Waals surface area contributed by atoms with Crippen LogP contribution in [0.2, 0.25) is 0 Å². The molecule has 0 aliphatic rings. The Hall–Kier alpha value is -0.680. The van der Waals surface area contributed by atoms with Crippen LogP contribution in [0.4, 0.5) is 0 Å². The molecule has 0 amide bonds. The number of benzene rings is 1. The summed E-state index contributed by atoms with van der Waals surface area (Å²) < 4.78 is 1.14. The number of halogens is 1. The minimum atomic E-state index is 0.103. The zero-order valence-electron chi connectivity index (χ0n) is 12.6. The molecule has 0 aliphatic heterocycles. The van der Waals surface area contributed by atoms with Crippen molar-refractivity contribution in [2.75, 3.05) is 6.54 Å². The van der Waals surface area contributed by atoms with Gasteiger partial charge in [0.25, 0.3) is 0 Å². The average molecular weight is 367 g/mol. The average Bonchev–Trinajstić information content (AvgIpc) is 2.86. The number of hydrogen-bond donors (Lipinski definition) is 1. The minimum Gasteiger partial charge on any atom is -0.326 e. The lowest BCUT2D eigenvalue weighted by molar-refractivity contribution is 0.170. The van der Waals surface area contributed by atoms with Gasteiger partial charge in [0.15, 0.2) is 0 Å². The fraction of sp³-hybridized carbons (Fsp3) is 0.412. The molecule has 2 N–H and O–H groups in total. The van der Waals surface area contributed by atoms with E-state index in [1.807, 2.05) is 0 Å². The summed E-state index contributed by atoms with van der Waals surface area (Å²) in [5, 5.41) is 2.14. The van der Waals surface area contributed by atoms with E-state index in [4.69, 9.17) is 5.73 Å². The quantitative estimate of drug-likeness (QED) is 0.761. The lowest BCUT2D eigenvalue weighted by Gasteiger charge is -2.33. The highest BCUT2D eigenvalue weighted by atomic mass is 79.9. The van der Waals surface area contributed by atoms with Crippen molar-refractivity contribution >= 4 is 27.3 Å². The Kier molecular flexibility index (Phi) is 6.42. The summed E-state index contributed by atoms with van der Waals surface area (Å²) in [4.78, 5) is 3.83. The van der Waals surface area contributed by atoms with E-state index in [2.05, 4.69) is 76.5 Å². The van der Waals surface area contributed by atoms with Gasteiger partial charge >= 0.3 is 0 Å². The topological polar surface area (TPSA) is 29.3 Å². The summed E-state index contributed by atoms with van der Waals surface area (Å²) in [6.07, 6.45) is 1.13. The van der Waals surface area contributed by atoms with Crippen LogP contribution in [0.25, 0.3) is 0 Å². The van der Waals surface area contributed by atoms with Crippen LogP contribution in [-0.4, -0.2) is 17.5 Å². The molecule has 0 fully saturated rings. The number of rotatable bonds is 7. The van der Waals surface area contributed by atoms with Crippen LogP contribution in [0.15, 0.2) is 46.3 Å². The molecule has 2 atom stereocenters. The van der Waals surface area contributed by atoms with Crippen molar-refractivity contribution in [3.63, 3.8) is 0 Å². The maximum absolute atomic E-state index is 6.31. The number of thiophene rings is 1. The van der Waals surface area contributed by atoms with Gasteiger partial charge in [-0.2, -0.15) is 0 Å². The second-order valence-electron chi connectivity index (χ2n) is 5.43. The third-order valence-corrected chi connectivity index (χ3v) is 5.27. The number of nitrogens with zero attached hydrogens (tertiary/aromatic N) is 1. The first-order valence-corrected chi connectivity index (χ1v) is 9.06. The van der Waals surface area contributed by atoms with Crippen LogP contribution >= 0.6 is 27.3 Å². The molecule has 2 nitrogen and oxygen atoms in total. The Balaban J connectivity index is 2.24. The van der Waals surface area contributed by atoms with Crippen molar-refractivity contribution in [3.8, 4) is 0 Å². The first kappa shape index (κ1) is 16.7. The Bertz CT molecular complexity index is 539. The van der Waals surface area contributed by atoms with E-state index in [-0.39, 0.29) is 12.1 Å². The Labute approximate surface area is 140 Å². The van der Waals surface area contributed by atoms with Gasteiger partial charge in [0.1, 0.15) is 0 Å². The van der Waals surface area contributed by atoms with E-state index >= 15 is 0 Å². The number of nitrogens with two attached hydrogens (primary N) is 1. The van der Waals surface area contributed by atoms with Gasteiger partial charge in [0, 0.05) is 27.3 Å². The van der Waals surface area contributed by atoms with Crippen LogP contribution in [0.1, 0.15) is 36.8 Å². The van der Waals surface area contributed by atoms with Gasteiger partial charge in [0.2, 0.25) is 0 Å². The first-order chi connectivity index (χ1) is 10.1. The van der Waals surface area contributed by atoms with Gasteiger partial charge in [-0.05, 0) is 47.4 Å². The van der Waals surface area contributed by atoms with Crippen LogP contribution < -0.4 is 5.73 Å². The molecule has 0 aliphatic carbocycles. The maximum Gasteiger partial charge on any atom is 0.0594 e. The summed E-state index contributed by atoms with van der Waals surface area (Å²) in [5.74, 6) is 0. The van der Waals surface area contributed by atoms with Crippen molar-refractivity contribution in [2.45, 2.75) is 38.9 Å². The van der Waals surface area contributed by atoms with E-state index in [1.54, 1.807) is 11.3 Å². The molecule has 0 saturated carbocycles. The highest BCUT2D eigenvalue weighted by Crippen LogP contribution is 2.32. The van der Waals surface area contributed by atoms with Gasteiger partial charge in [-0.25, -0.2) is 0 Å². The van der Waals surface area contributed by atoms with Crippen molar-refractivity contribution in [1.29, 1.82) is 0 Å².